The van der Waals surface area contributed by atoms with Crippen molar-refractivity contribution in [2.24, 2.45) is 5.73 Å². The molecule has 0 aromatic heterocycles. The van der Waals surface area contributed by atoms with E-state index in [0.29, 0.717) is 36.3 Å². The van der Waals surface area contributed by atoms with E-state index in [2.05, 4.69) is 0 Å². The molecule has 0 atom stereocenters. The molecule has 0 unspecified atom stereocenters. The molecule has 0 saturated heterocycles. The summed E-state index contributed by atoms with van der Waals surface area (Å²) in [4.78, 5) is 0. The summed E-state index contributed by atoms with van der Waals surface area (Å²) in [6, 6.07) is 10.9. The number of ether oxygens (including phenoxy) is 4. The lowest BCUT2D eigenvalue weighted by Crippen LogP contribution is -2.10. The van der Waals surface area contributed by atoms with Gasteiger partial charge in [-0.15, -0.1) is 0 Å². The van der Waals surface area contributed by atoms with Crippen LogP contribution in [0.25, 0.3) is 0 Å². The van der Waals surface area contributed by atoms with Gasteiger partial charge in [0.25, 0.3) is 0 Å². The SMILES string of the molecule is COc1ccc(OCCOc2c(Cl)cc(CN)cc2OC)cc1. The molecule has 0 fully saturated rings. The maximum absolute atomic E-state index is 6.21. The monoisotopic (exact) mass is 337 g/mol. The van der Waals surface area contributed by atoms with Crippen LogP contribution in [0, 0.1) is 0 Å². The second kappa shape index (κ2) is 8.50. The van der Waals surface area contributed by atoms with Gasteiger partial charge >= 0.3 is 0 Å². The molecule has 0 heterocycles. The van der Waals surface area contributed by atoms with Crippen molar-refractivity contribution in [1.82, 2.24) is 0 Å². The summed E-state index contributed by atoms with van der Waals surface area (Å²) in [6.07, 6.45) is 0. The second-order valence-electron chi connectivity index (χ2n) is 4.69. The number of halogens is 1. The molecule has 2 aromatic rings. The Morgan fingerprint density at radius 2 is 1.57 bits per heavy atom. The third-order valence-corrected chi connectivity index (χ3v) is 3.46. The molecule has 0 aliphatic carbocycles. The molecule has 0 radical (unpaired) electrons. The van der Waals surface area contributed by atoms with Crippen molar-refractivity contribution in [1.29, 1.82) is 0 Å². The molecule has 2 aromatic carbocycles. The van der Waals surface area contributed by atoms with Gasteiger partial charge in [0.2, 0.25) is 0 Å². The molecule has 0 saturated carbocycles. The van der Waals surface area contributed by atoms with E-state index in [1.54, 1.807) is 20.3 Å². The Morgan fingerprint density at radius 1 is 0.913 bits per heavy atom. The van der Waals surface area contributed by atoms with E-state index in [-0.39, 0.29) is 0 Å². The van der Waals surface area contributed by atoms with Gasteiger partial charge in [-0.25, -0.2) is 0 Å². The second-order valence-corrected chi connectivity index (χ2v) is 5.09. The fraction of sp³-hybridized carbons (Fsp3) is 0.294. The van der Waals surface area contributed by atoms with E-state index in [0.717, 1.165) is 17.1 Å². The zero-order valence-electron chi connectivity index (χ0n) is 13.2. The first-order chi connectivity index (χ1) is 11.2. The minimum atomic E-state index is 0.337. The minimum Gasteiger partial charge on any atom is -0.497 e. The lowest BCUT2D eigenvalue weighted by molar-refractivity contribution is 0.211. The van der Waals surface area contributed by atoms with Gasteiger partial charge in [-0.05, 0) is 42.0 Å². The van der Waals surface area contributed by atoms with E-state index < -0.39 is 0 Å². The molecule has 0 aliphatic rings. The molecule has 0 spiro atoms. The van der Waals surface area contributed by atoms with Crippen LogP contribution in [-0.2, 0) is 6.54 Å². The Bertz CT molecular complexity index is 631. The largest absolute Gasteiger partial charge is 0.497 e. The first-order valence-corrected chi connectivity index (χ1v) is 7.52. The summed E-state index contributed by atoms with van der Waals surface area (Å²) < 4.78 is 21.7. The van der Waals surface area contributed by atoms with Crippen LogP contribution in [-0.4, -0.2) is 27.4 Å². The maximum atomic E-state index is 6.21. The first-order valence-electron chi connectivity index (χ1n) is 7.14. The molecular weight excluding hydrogens is 318 g/mol. The van der Waals surface area contributed by atoms with Crippen molar-refractivity contribution >= 4 is 11.6 Å². The van der Waals surface area contributed by atoms with Crippen LogP contribution in [0.2, 0.25) is 5.02 Å². The van der Waals surface area contributed by atoms with Gasteiger partial charge in [0.1, 0.15) is 24.7 Å². The van der Waals surface area contributed by atoms with E-state index in [4.69, 9.17) is 36.3 Å². The Balaban J connectivity index is 1.90. The fourth-order valence-corrected chi connectivity index (χ4v) is 2.29. The summed E-state index contributed by atoms with van der Waals surface area (Å²) in [5.41, 5.74) is 6.50. The summed E-state index contributed by atoms with van der Waals surface area (Å²) in [5, 5.41) is 0.467. The first kappa shape index (κ1) is 17.2. The molecule has 0 bridgehead atoms. The number of rotatable bonds is 8. The zero-order chi connectivity index (χ0) is 16.7. The minimum absolute atomic E-state index is 0.337. The van der Waals surface area contributed by atoms with Gasteiger partial charge < -0.3 is 24.7 Å². The number of benzene rings is 2. The van der Waals surface area contributed by atoms with Crippen LogP contribution in [0.3, 0.4) is 0 Å². The van der Waals surface area contributed by atoms with E-state index in [9.17, 15) is 0 Å². The van der Waals surface area contributed by atoms with Crippen molar-refractivity contribution in [3.05, 3.63) is 47.0 Å². The third kappa shape index (κ3) is 4.68. The maximum Gasteiger partial charge on any atom is 0.179 e. The summed E-state index contributed by atoms with van der Waals surface area (Å²) in [7, 11) is 3.18. The quantitative estimate of drug-likeness (QED) is 0.749. The molecule has 124 valence electrons. The molecule has 23 heavy (non-hydrogen) atoms. The molecule has 0 amide bonds. The third-order valence-electron chi connectivity index (χ3n) is 3.18. The Hall–Kier alpha value is -2.11. The van der Waals surface area contributed by atoms with Crippen molar-refractivity contribution in [3.63, 3.8) is 0 Å². The lowest BCUT2D eigenvalue weighted by Gasteiger charge is -2.14. The molecule has 5 nitrogen and oxygen atoms in total. The smallest absolute Gasteiger partial charge is 0.179 e. The molecule has 0 aliphatic heterocycles. The van der Waals surface area contributed by atoms with Crippen LogP contribution in [0.4, 0.5) is 0 Å². The lowest BCUT2D eigenvalue weighted by atomic mass is 10.2. The van der Waals surface area contributed by atoms with E-state index in [1.165, 1.54) is 0 Å². The molecular formula is C17H20ClNO4. The van der Waals surface area contributed by atoms with E-state index >= 15 is 0 Å². The van der Waals surface area contributed by atoms with Gasteiger partial charge in [0, 0.05) is 6.54 Å². The van der Waals surface area contributed by atoms with Crippen LogP contribution >= 0.6 is 11.6 Å². The van der Waals surface area contributed by atoms with Gasteiger partial charge in [-0.1, -0.05) is 11.6 Å². The van der Waals surface area contributed by atoms with Crippen molar-refractivity contribution in [3.8, 4) is 23.0 Å². The van der Waals surface area contributed by atoms with E-state index in [1.807, 2.05) is 30.3 Å². The number of hydrogen-bond donors (Lipinski definition) is 1. The Morgan fingerprint density at radius 3 is 2.17 bits per heavy atom. The number of hydrogen-bond acceptors (Lipinski definition) is 5. The zero-order valence-corrected chi connectivity index (χ0v) is 13.9. The van der Waals surface area contributed by atoms with Crippen LogP contribution < -0.4 is 24.7 Å². The summed E-state index contributed by atoms with van der Waals surface area (Å²) >= 11 is 6.21. The summed E-state index contributed by atoms with van der Waals surface area (Å²) in [5.74, 6) is 2.57. The van der Waals surface area contributed by atoms with Gasteiger partial charge in [0.05, 0.1) is 19.2 Å². The van der Waals surface area contributed by atoms with Gasteiger partial charge in [0.15, 0.2) is 11.5 Å². The normalized spacial score (nSPS) is 10.3. The predicted molar refractivity (Wildman–Crippen MR) is 89.9 cm³/mol. The molecule has 2 rings (SSSR count). The topological polar surface area (TPSA) is 62.9 Å². The highest BCUT2D eigenvalue weighted by Gasteiger charge is 2.11. The Labute approximate surface area is 140 Å². The Kier molecular flexibility index (Phi) is 6.38. The standard InChI is InChI=1S/C17H20ClNO4/c1-20-13-3-5-14(6-4-13)22-7-8-23-17-15(18)9-12(11-19)10-16(17)21-2/h3-6,9-10H,7-8,11,19H2,1-2H3. The van der Waals surface area contributed by atoms with Crippen LogP contribution in [0.5, 0.6) is 23.0 Å². The predicted octanol–water partition coefficient (Wildman–Crippen LogP) is 3.27. The van der Waals surface area contributed by atoms with Crippen LogP contribution in [0.1, 0.15) is 5.56 Å². The molecule has 6 heteroatoms. The average molecular weight is 338 g/mol. The van der Waals surface area contributed by atoms with Crippen LogP contribution in [0.15, 0.2) is 36.4 Å². The van der Waals surface area contributed by atoms with Crippen molar-refractivity contribution < 1.29 is 18.9 Å². The van der Waals surface area contributed by atoms with Gasteiger partial charge in [-0.2, -0.15) is 0 Å². The number of methoxy groups -OCH3 is 2. The average Bonchev–Trinajstić information content (AvgIpc) is 2.59. The highest BCUT2D eigenvalue weighted by atomic mass is 35.5. The molecule has 2 N–H and O–H groups in total. The summed E-state index contributed by atoms with van der Waals surface area (Å²) in [6.45, 7) is 1.10. The van der Waals surface area contributed by atoms with Crippen molar-refractivity contribution in [2.75, 3.05) is 27.4 Å². The highest BCUT2D eigenvalue weighted by Crippen LogP contribution is 2.36. The highest BCUT2D eigenvalue weighted by molar-refractivity contribution is 6.32. The number of nitrogens with two attached hydrogens (primary N) is 1. The van der Waals surface area contributed by atoms with Crippen molar-refractivity contribution in [2.45, 2.75) is 6.54 Å². The fourth-order valence-electron chi connectivity index (χ4n) is 2.01. The van der Waals surface area contributed by atoms with Gasteiger partial charge in [-0.3, -0.25) is 0 Å².